The summed E-state index contributed by atoms with van der Waals surface area (Å²) in [5.74, 6) is 0.160. The Labute approximate surface area is 146 Å². The topological polar surface area (TPSA) is 20.3 Å². The second-order valence-corrected chi connectivity index (χ2v) is 6.65. The Balaban J connectivity index is 2.03. The van der Waals surface area contributed by atoms with Gasteiger partial charge in [-0.25, -0.2) is 0 Å². The maximum atomic E-state index is 12.7. The van der Waals surface area contributed by atoms with Crippen LogP contribution in [0.25, 0.3) is 0 Å². The van der Waals surface area contributed by atoms with Crippen LogP contribution in [0.3, 0.4) is 0 Å². The molecule has 0 aromatic heterocycles. The number of hydrogen-bond acceptors (Lipinski definition) is 1. The summed E-state index contributed by atoms with van der Waals surface area (Å²) in [6.07, 6.45) is 2.54. The van der Waals surface area contributed by atoms with E-state index in [0.717, 1.165) is 12.0 Å². The van der Waals surface area contributed by atoms with E-state index < -0.39 is 0 Å². The zero-order chi connectivity index (χ0) is 15.8. The zero-order valence-corrected chi connectivity index (χ0v) is 14.6. The minimum Gasteiger partial charge on any atom is -0.334 e. The van der Waals surface area contributed by atoms with Crippen molar-refractivity contribution in [2.75, 3.05) is 6.54 Å². The van der Waals surface area contributed by atoms with Crippen LogP contribution in [0.15, 0.2) is 73.3 Å². The van der Waals surface area contributed by atoms with Crippen molar-refractivity contribution in [2.45, 2.75) is 16.9 Å². The number of nitrogens with zero attached hydrogens (tertiary/aromatic N) is 1. The van der Waals surface area contributed by atoms with Crippen molar-refractivity contribution in [1.82, 2.24) is 4.90 Å². The van der Waals surface area contributed by atoms with Crippen molar-refractivity contribution in [2.24, 2.45) is 0 Å². The Morgan fingerprint density at radius 1 is 1.05 bits per heavy atom. The van der Waals surface area contributed by atoms with Crippen LogP contribution in [-0.2, 0) is 17.8 Å². The van der Waals surface area contributed by atoms with Crippen LogP contribution in [0, 0.1) is 0 Å². The molecule has 0 saturated carbocycles. The predicted molar refractivity (Wildman–Crippen MR) is 100 cm³/mol. The molecule has 2 aromatic rings. The summed E-state index contributed by atoms with van der Waals surface area (Å²) in [5.41, 5.74) is 2.33. The average Bonchev–Trinajstić information content (AvgIpc) is 2.55. The molecule has 1 amide bonds. The minimum atomic E-state index is -0.0661. The molecule has 1 atom stereocenters. The van der Waals surface area contributed by atoms with E-state index in [1.54, 1.807) is 6.08 Å². The number of rotatable bonds is 7. The van der Waals surface area contributed by atoms with E-state index in [1.807, 2.05) is 53.4 Å². The molecule has 0 bridgehead atoms. The molecule has 3 heteroatoms. The number of amides is 1. The maximum Gasteiger partial charge on any atom is 0.236 e. The van der Waals surface area contributed by atoms with Gasteiger partial charge in [0.1, 0.15) is 0 Å². The van der Waals surface area contributed by atoms with Gasteiger partial charge in [0.25, 0.3) is 0 Å². The van der Waals surface area contributed by atoms with Gasteiger partial charge < -0.3 is 4.90 Å². The van der Waals surface area contributed by atoms with Gasteiger partial charge >= 0.3 is 0 Å². The Bertz CT molecular complexity index is 597. The van der Waals surface area contributed by atoms with Gasteiger partial charge in [0.15, 0.2) is 0 Å². The second kappa shape index (κ2) is 8.73. The fourth-order valence-electron chi connectivity index (χ4n) is 2.30. The van der Waals surface area contributed by atoms with Gasteiger partial charge in [0.05, 0.1) is 3.92 Å². The van der Waals surface area contributed by atoms with Crippen LogP contribution in [0.5, 0.6) is 0 Å². The minimum absolute atomic E-state index is 0.0661. The van der Waals surface area contributed by atoms with E-state index in [9.17, 15) is 4.79 Å². The number of hydrogen-bond donors (Lipinski definition) is 0. The van der Waals surface area contributed by atoms with Gasteiger partial charge in [-0.3, -0.25) is 4.79 Å². The molecule has 2 rings (SSSR count). The molecular weight excluding hydrogens is 385 g/mol. The molecule has 0 radical (unpaired) electrons. The second-order valence-electron chi connectivity index (χ2n) is 5.15. The van der Waals surface area contributed by atoms with Crippen molar-refractivity contribution in [1.29, 1.82) is 0 Å². The lowest BCUT2D eigenvalue weighted by atomic mass is 10.1. The van der Waals surface area contributed by atoms with Crippen LogP contribution < -0.4 is 0 Å². The summed E-state index contributed by atoms with van der Waals surface area (Å²) in [4.78, 5) is 14.6. The molecular formula is C19H20INO. The Morgan fingerprint density at radius 3 is 2.14 bits per heavy atom. The lowest BCUT2D eigenvalue weighted by Crippen LogP contribution is -2.37. The number of alkyl halides is 1. The molecule has 114 valence electrons. The van der Waals surface area contributed by atoms with E-state index in [0.29, 0.717) is 13.1 Å². The highest BCUT2D eigenvalue weighted by molar-refractivity contribution is 14.1. The van der Waals surface area contributed by atoms with Crippen LogP contribution >= 0.6 is 22.6 Å². The average molecular weight is 405 g/mol. The van der Waals surface area contributed by atoms with Crippen molar-refractivity contribution in [3.63, 3.8) is 0 Å². The van der Waals surface area contributed by atoms with Gasteiger partial charge in [-0.1, -0.05) is 89.3 Å². The highest BCUT2D eigenvalue weighted by atomic mass is 127. The quantitative estimate of drug-likeness (QED) is 0.383. The summed E-state index contributed by atoms with van der Waals surface area (Å²) in [6, 6.07) is 20.2. The van der Waals surface area contributed by atoms with Crippen molar-refractivity contribution >= 4 is 28.5 Å². The first-order valence-electron chi connectivity index (χ1n) is 7.32. The highest BCUT2D eigenvalue weighted by Gasteiger charge is 2.21. The molecule has 1 unspecified atom stereocenters. The Morgan fingerprint density at radius 2 is 1.59 bits per heavy atom. The molecule has 2 nitrogen and oxygen atoms in total. The van der Waals surface area contributed by atoms with Crippen LogP contribution in [0.1, 0.15) is 11.1 Å². The number of halogens is 1. The zero-order valence-electron chi connectivity index (χ0n) is 12.5. The third kappa shape index (κ3) is 4.98. The van der Waals surface area contributed by atoms with E-state index in [4.69, 9.17) is 0 Å². The molecule has 22 heavy (non-hydrogen) atoms. The third-order valence-electron chi connectivity index (χ3n) is 3.40. The van der Waals surface area contributed by atoms with E-state index >= 15 is 0 Å². The molecule has 0 N–H and O–H groups in total. The number of carbonyl (C=O) groups excluding carboxylic acids is 1. The number of carbonyl (C=O) groups is 1. The lowest BCUT2D eigenvalue weighted by molar-refractivity contribution is -0.130. The third-order valence-corrected chi connectivity index (χ3v) is 4.38. The van der Waals surface area contributed by atoms with Gasteiger partial charge in [-0.15, -0.1) is 6.58 Å². The largest absolute Gasteiger partial charge is 0.334 e. The van der Waals surface area contributed by atoms with Gasteiger partial charge in [-0.05, 0) is 17.5 Å². The van der Waals surface area contributed by atoms with Crippen molar-refractivity contribution in [3.8, 4) is 0 Å². The van der Waals surface area contributed by atoms with Crippen molar-refractivity contribution in [3.05, 3.63) is 84.4 Å². The molecule has 0 fully saturated rings. The fraction of sp³-hybridized carbons (Fsp3) is 0.211. The smallest absolute Gasteiger partial charge is 0.236 e. The lowest BCUT2D eigenvalue weighted by Gasteiger charge is -2.24. The summed E-state index contributed by atoms with van der Waals surface area (Å²) >= 11 is 2.24. The first-order chi connectivity index (χ1) is 10.7. The first kappa shape index (κ1) is 16.7. The molecule has 0 heterocycles. The summed E-state index contributed by atoms with van der Waals surface area (Å²) in [5, 5.41) is 0. The van der Waals surface area contributed by atoms with Crippen molar-refractivity contribution < 1.29 is 4.79 Å². The molecule has 0 saturated heterocycles. The van der Waals surface area contributed by atoms with Crippen LogP contribution in [0.4, 0.5) is 0 Å². The van der Waals surface area contributed by atoms with Gasteiger partial charge in [0.2, 0.25) is 5.91 Å². The van der Waals surface area contributed by atoms with Gasteiger partial charge in [0, 0.05) is 13.1 Å². The van der Waals surface area contributed by atoms with E-state index in [2.05, 4.69) is 41.3 Å². The van der Waals surface area contributed by atoms with Crippen LogP contribution in [0.2, 0.25) is 0 Å². The normalized spacial score (nSPS) is 11.7. The van der Waals surface area contributed by atoms with E-state index in [-0.39, 0.29) is 9.83 Å². The molecule has 2 aromatic carbocycles. The SMILES string of the molecule is C=CCN(Cc1ccccc1)C(=O)C(I)Cc1ccccc1. The molecule has 0 spiro atoms. The molecule has 0 aliphatic carbocycles. The summed E-state index contributed by atoms with van der Waals surface area (Å²) in [7, 11) is 0. The van der Waals surface area contributed by atoms with Crippen LogP contribution in [-0.4, -0.2) is 21.3 Å². The highest BCUT2D eigenvalue weighted by Crippen LogP contribution is 2.15. The summed E-state index contributed by atoms with van der Waals surface area (Å²) in [6.45, 7) is 4.97. The summed E-state index contributed by atoms with van der Waals surface area (Å²) < 4.78 is -0.0661. The monoisotopic (exact) mass is 405 g/mol. The first-order valence-corrected chi connectivity index (χ1v) is 8.57. The Kier molecular flexibility index (Phi) is 6.65. The molecule has 0 aliphatic heterocycles. The fourth-order valence-corrected chi connectivity index (χ4v) is 3.20. The maximum absolute atomic E-state index is 12.7. The molecule has 0 aliphatic rings. The Hall–Kier alpha value is -1.62. The number of benzene rings is 2. The standard InChI is InChI=1S/C19H20INO/c1-2-13-21(15-17-11-7-4-8-12-17)19(22)18(20)14-16-9-5-3-6-10-16/h2-12,18H,1,13-15H2. The van der Waals surface area contributed by atoms with E-state index in [1.165, 1.54) is 5.56 Å². The van der Waals surface area contributed by atoms with Gasteiger partial charge in [-0.2, -0.15) is 0 Å². The predicted octanol–water partition coefficient (Wildman–Crippen LogP) is 4.25.